The average Bonchev–Trinajstić information content (AvgIpc) is 2.86. The van der Waals surface area contributed by atoms with Gasteiger partial charge in [-0.25, -0.2) is 8.78 Å². The van der Waals surface area contributed by atoms with E-state index in [0.29, 0.717) is 13.0 Å². The maximum absolute atomic E-state index is 13.8. The van der Waals surface area contributed by atoms with Crippen molar-refractivity contribution < 1.29 is 13.6 Å². The van der Waals surface area contributed by atoms with Crippen LogP contribution in [0.1, 0.15) is 25.8 Å². The van der Waals surface area contributed by atoms with Gasteiger partial charge in [0.2, 0.25) is 5.91 Å². The zero-order valence-electron chi connectivity index (χ0n) is 12.0. The van der Waals surface area contributed by atoms with E-state index in [-0.39, 0.29) is 23.1 Å². The monoisotopic (exact) mass is 282 g/mol. The normalized spacial score (nSPS) is 22.3. The first kappa shape index (κ1) is 14.9. The molecule has 1 atom stereocenters. The Morgan fingerprint density at radius 3 is 2.60 bits per heavy atom. The molecule has 0 aliphatic carbocycles. The third kappa shape index (κ3) is 2.54. The molecule has 1 saturated heterocycles. The van der Waals surface area contributed by atoms with Gasteiger partial charge in [-0.2, -0.15) is 0 Å². The number of nitrogens with one attached hydrogen (secondary N) is 2. The van der Waals surface area contributed by atoms with Crippen molar-refractivity contribution in [2.45, 2.75) is 27.2 Å². The van der Waals surface area contributed by atoms with E-state index in [1.165, 1.54) is 6.92 Å². The number of amides is 1. The average molecular weight is 282 g/mol. The lowest BCUT2D eigenvalue weighted by Gasteiger charge is -2.31. The predicted molar refractivity (Wildman–Crippen MR) is 74.5 cm³/mol. The van der Waals surface area contributed by atoms with Gasteiger partial charge in [0.15, 0.2) is 0 Å². The minimum atomic E-state index is -0.609. The van der Waals surface area contributed by atoms with E-state index < -0.39 is 17.0 Å². The molecular weight excluding hydrogens is 262 g/mol. The van der Waals surface area contributed by atoms with Crippen LogP contribution in [0.25, 0.3) is 0 Å². The third-order valence-electron chi connectivity index (χ3n) is 4.24. The molecule has 2 N–H and O–H groups in total. The van der Waals surface area contributed by atoms with Crippen molar-refractivity contribution in [3.8, 4) is 0 Å². The standard InChI is InChI=1S/C15H20F2N2O/c1-9(2)15(4-5-18-8-15)14(20)19-13-7-11(16)10(3)6-12(13)17/h6-7,9,18H,4-5,8H2,1-3H3,(H,19,20). The smallest absolute Gasteiger partial charge is 0.232 e. The highest BCUT2D eigenvalue weighted by Gasteiger charge is 2.44. The van der Waals surface area contributed by atoms with Gasteiger partial charge >= 0.3 is 0 Å². The molecule has 1 heterocycles. The first-order chi connectivity index (χ1) is 9.36. The summed E-state index contributed by atoms with van der Waals surface area (Å²) >= 11 is 0. The number of hydrogen-bond donors (Lipinski definition) is 2. The van der Waals surface area contributed by atoms with E-state index in [0.717, 1.165) is 18.7 Å². The Bertz CT molecular complexity index is 523. The van der Waals surface area contributed by atoms with Crippen molar-refractivity contribution >= 4 is 11.6 Å². The SMILES string of the molecule is Cc1cc(F)c(NC(=O)C2(C(C)C)CCNC2)cc1F. The van der Waals surface area contributed by atoms with Gasteiger partial charge in [-0.3, -0.25) is 4.79 Å². The summed E-state index contributed by atoms with van der Waals surface area (Å²) in [5.41, 5.74) is -0.431. The van der Waals surface area contributed by atoms with Crippen LogP contribution < -0.4 is 10.6 Å². The fourth-order valence-electron chi connectivity index (χ4n) is 2.65. The quantitative estimate of drug-likeness (QED) is 0.895. The number of carbonyl (C=O) groups is 1. The second-order valence-corrected chi connectivity index (χ2v) is 5.77. The number of hydrogen-bond acceptors (Lipinski definition) is 2. The highest BCUT2D eigenvalue weighted by Crippen LogP contribution is 2.35. The molecule has 3 nitrogen and oxygen atoms in total. The summed E-state index contributed by atoms with van der Waals surface area (Å²) in [7, 11) is 0. The molecule has 1 unspecified atom stereocenters. The minimum absolute atomic E-state index is 0.0926. The van der Waals surface area contributed by atoms with Crippen molar-refractivity contribution in [2.75, 3.05) is 18.4 Å². The third-order valence-corrected chi connectivity index (χ3v) is 4.24. The number of rotatable bonds is 3. The molecule has 0 saturated carbocycles. The van der Waals surface area contributed by atoms with Crippen molar-refractivity contribution in [2.24, 2.45) is 11.3 Å². The Kier molecular flexibility index (Phi) is 4.09. The van der Waals surface area contributed by atoms with Gasteiger partial charge in [-0.05, 0) is 37.4 Å². The molecule has 0 radical (unpaired) electrons. The number of carbonyl (C=O) groups excluding carboxylic acids is 1. The summed E-state index contributed by atoms with van der Waals surface area (Å²) in [6.07, 6.45) is 0.701. The maximum Gasteiger partial charge on any atom is 0.232 e. The van der Waals surface area contributed by atoms with Gasteiger partial charge in [0, 0.05) is 12.6 Å². The van der Waals surface area contributed by atoms with Gasteiger partial charge in [0.1, 0.15) is 11.6 Å². The molecule has 1 aromatic carbocycles. The maximum atomic E-state index is 13.8. The molecule has 5 heteroatoms. The highest BCUT2D eigenvalue weighted by atomic mass is 19.1. The zero-order valence-corrected chi connectivity index (χ0v) is 12.0. The molecular formula is C15H20F2N2O. The first-order valence-corrected chi connectivity index (χ1v) is 6.84. The molecule has 20 heavy (non-hydrogen) atoms. The van der Waals surface area contributed by atoms with E-state index in [1.54, 1.807) is 0 Å². The first-order valence-electron chi connectivity index (χ1n) is 6.84. The summed E-state index contributed by atoms with van der Waals surface area (Å²) in [5, 5.41) is 5.72. The lowest BCUT2D eigenvalue weighted by Crippen LogP contribution is -2.42. The molecule has 2 rings (SSSR count). The lowest BCUT2D eigenvalue weighted by molar-refractivity contribution is -0.126. The highest BCUT2D eigenvalue weighted by molar-refractivity contribution is 5.96. The Morgan fingerprint density at radius 2 is 2.05 bits per heavy atom. The second-order valence-electron chi connectivity index (χ2n) is 5.77. The van der Waals surface area contributed by atoms with E-state index >= 15 is 0 Å². The van der Waals surface area contributed by atoms with Crippen molar-refractivity contribution in [3.05, 3.63) is 29.3 Å². The fraction of sp³-hybridized carbons (Fsp3) is 0.533. The number of anilines is 1. The van der Waals surface area contributed by atoms with Crippen LogP contribution in [0.2, 0.25) is 0 Å². The zero-order chi connectivity index (χ0) is 14.9. The van der Waals surface area contributed by atoms with Crippen LogP contribution in [0, 0.1) is 29.9 Å². The Balaban J connectivity index is 2.25. The molecule has 110 valence electrons. The summed E-state index contributed by atoms with van der Waals surface area (Å²) in [4.78, 5) is 12.5. The van der Waals surface area contributed by atoms with Crippen molar-refractivity contribution in [1.82, 2.24) is 5.32 Å². The summed E-state index contributed by atoms with van der Waals surface area (Å²) < 4.78 is 27.3. The topological polar surface area (TPSA) is 41.1 Å². The molecule has 0 aromatic heterocycles. The van der Waals surface area contributed by atoms with Gasteiger partial charge in [-0.1, -0.05) is 13.8 Å². The molecule has 0 bridgehead atoms. The number of benzene rings is 1. The molecule has 1 aliphatic rings. The number of halogens is 2. The number of aryl methyl sites for hydroxylation is 1. The summed E-state index contributed by atoms with van der Waals surface area (Å²) in [6.45, 7) is 6.75. The molecule has 0 spiro atoms. The molecule has 1 fully saturated rings. The van der Waals surface area contributed by atoms with Gasteiger partial charge in [0.25, 0.3) is 0 Å². The van der Waals surface area contributed by atoms with Gasteiger partial charge in [0.05, 0.1) is 11.1 Å². The van der Waals surface area contributed by atoms with Crippen molar-refractivity contribution in [3.63, 3.8) is 0 Å². The van der Waals surface area contributed by atoms with Crippen LogP contribution >= 0.6 is 0 Å². The van der Waals surface area contributed by atoms with Crippen LogP contribution in [0.4, 0.5) is 14.5 Å². The van der Waals surface area contributed by atoms with Gasteiger partial charge < -0.3 is 10.6 Å². The lowest BCUT2D eigenvalue weighted by atomic mass is 9.75. The predicted octanol–water partition coefficient (Wildman–Crippen LogP) is 2.85. The minimum Gasteiger partial charge on any atom is -0.323 e. The van der Waals surface area contributed by atoms with Crippen LogP contribution in [-0.4, -0.2) is 19.0 Å². The molecule has 1 aromatic rings. The van der Waals surface area contributed by atoms with Crippen LogP contribution in [0.5, 0.6) is 0 Å². The summed E-state index contributed by atoms with van der Waals surface area (Å²) in [6, 6.07) is 2.14. The molecule has 1 aliphatic heterocycles. The van der Waals surface area contributed by atoms with E-state index in [1.807, 2.05) is 13.8 Å². The molecule has 1 amide bonds. The Labute approximate surface area is 117 Å². The Hall–Kier alpha value is -1.49. The van der Waals surface area contributed by atoms with Crippen LogP contribution in [0.15, 0.2) is 12.1 Å². The van der Waals surface area contributed by atoms with E-state index in [9.17, 15) is 13.6 Å². The van der Waals surface area contributed by atoms with E-state index in [2.05, 4.69) is 10.6 Å². The van der Waals surface area contributed by atoms with Crippen LogP contribution in [0.3, 0.4) is 0 Å². The fourth-order valence-corrected chi connectivity index (χ4v) is 2.65. The van der Waals surface area contributed by atoms with Crippen molar-refractivity contribution in [1.29, 1.82) is 0 Å². The van der Waals surface area contributed by atoms with E-state index in [4.69, 9.17) is 0 Å². The van der Waals surface area contributed by atoms with Gasteiger partial charge in [-0.15, -0.1) is 0 Å². The van der Waals surface area contributed by atoms with Crippen LogP contribution in [-0.2, 0) is 4.79 Å². The Morgan fingerprint density at radius 1 is 1.35 bits per heavy atom. The summed E-state index contributed by atoms with van der Waals surface area (Å²) in [5.74, 6) is -1.26. The second kappa shape index (κ2) is 5.48. The largest absolute Gasteiger partial charge is 0.323 e.